The summed E-state index contributed by atoms with van der Waals surface area (Å²) in [5, 5.41) is 15.8. The van der Waals surface area contributed by atoms with Gasteiger partial charge >= 0.3 is 6.03 Å². The molecule has 3 N–H and O–H groups in total. The zero-order valence-electron chi connectivity index (χ0n) is 14.6. The number of morpholine rings is 1. The number of carbonyl (C=O) groups is 1. The predicted molar refractivity (Wildman–Crippen MR) is 93.2 cm³/mol. The van der Waals surface area contributed by atoms with Crippen molar-refractivity contribution in [3.63, 3.8) is 0 Å². The second-order valence-corrected chi connectivity index (χ2v) is 5.68. The van der Waals surface area contributed by atoms with E-state index in [1.54, 1.807) is 36.3 Å². The fourth-order valence-corrected chi connectivity index (χ4v) is 2.33. The molecule has 0 radical (unpaired) electrons. The SMILES string of the molecule is COc1ccc(OC[C@@H](O)CNCCNC(=O)N2CCOCC2)cc1. The van der Waals surface area contributed by atoms with Gasteiger partial charge in [0.25, 0.3) is 0 Å². The van der Waals surface area contributed by atoms with Crippen LogP contribution in [0.5, 0.6) is 11.5 Å². The lowest BCUT2D eigenvalue weighted by Crippen LogP contribution is -2.47. The number of nitrogens with zero attached hydrogens (tertiary/aromatic N) is 1. The molecule has 0 spiro atoms. The van der Waals surface area contributed by atoms with Crippen LogP contribution in [0.25, 0.3) is 0 Å². The maximum absolute atomic E-state index is 11.9. The third-order valence-corrected chi connectivity index (χ3v) is 3.76. The first-order valence-electron chi connectivity index (χ1n) is 8.45. The summed E-state index contributed by atoms with van der Waals surface area (Å²) in [6, 6.07) is 7.11. The van der Waals surface area contributed by atoms with Crippen molar-refractivity contribution in [3.8, 4) is 11.5 Å². The van der Waals surface area contributed by atoms with Crippen molar-refractivity contribution in [2.45, 2.75) is 6.10 Å². The highest BCUT2D eigenvalue weighted by atomic mass is 16.5. The monoisotopic (exact) mass is 353 g/mol. The molecule has 0 aromatic heterocycles. The lowest BCUT2D eigenvalue weighted by molar-refractivity contribution is 0.0532. The van der Waals surface area contributed by atoms with Crippen LogP contribution in [-0.4, -0.2) is 81.8 Å². The molecule has 0 unspecified atom stereocenters. The number of aliphatic hydroxyl groups is 1. The zero-order valence-corrected chi connectivity index (χ0v) is 14.6. The van der Waals surface area contributed by atoms with Crippen molar-refractivity contribution < 1.29 is 24.1 Å². The van der Waals surface area contributed by atoms with Gasteiger partial charge in [0, 0.05) is 32.7 Å². The standard InChI is InChI=1S/C17H27N3O5/c1-23-15-2-4-16(5-3-15)25-13-14(21)12-18-6-7-19-17(22)20-8-10-24-11-9-20/h2-5,14,18,21H,6-13H2,1H3,(H,19,22)/t14-/m0/s1. The number of nitrogens with one attached hydrogen (secondary N) is 2. The molecule has 8 heteroatoms. The summed E-state index contributed by atoms with van der Waals surface area (Å²) < 4.78 is 15.8. The lowest BCUT2D eigenvalue weighted by atomic mass is 10.3. The van der Waals surface area contributed by atoms with E-state index in [1.807, 2.05) is 0 Å². The summed E-state index contributed by atoms with van der Waals surface area (Å²) in [4.78, 5) is 13.6. The van der Waals surface area contributed by atoms with Gasteiger partial charge in [-0.15, -0.1) is 0 Å². The van der Waals surface area contributed by atoms with Gasteiger partial charge in [-0.2, -0.15) is 0 Å². The normalized spacial score (nSPS) is 15.5. The van der Waals surface area contributed by atoms with Crippen molar-refractivity contribution in [2.24, 2.45) is 0 Å². The second-order valence-electron chi connectivity index (χ2n) is 5.68. The zero-order chi connectivity index (χ0) is 17.9. The van der Waals surface area contributed by atoms with Crippen LogP contribution in [0.2, 0.25) is 0 Å². The largest absolute Gasteiger partial charge is 0.497 e. The van der Waals surface area contributed by atoms with E-state index in [1.165, 1.54) is 0 Å². The Morgan fingerprint density at radius 2 is 1.92 bits per heavy atom. The fraction of sp³-hybridized carbons (Fsp3) is 0.588. The van der Waals surface area contributed by atoms with Crippen LogP contribution in [0.1, 0.15) is 0 Å². The van der Waals surface area contributed by atoms with Gasteiger partial charge in [0.1, 0.15) is 24.2 Å². The summed E-state index contributed by atoms with van der Waals surface area (Å²) in [7, 11) is 1.61. The summed E-state index contributed by atoms with van der Waals surface area (Å²) in [5.41, 5.74) is 0. The molecule has 8 nitrogen and oxygen atoms in total. The van der Waals surface area contributed by atoms with E-state index >= 15 is 0 Å². The number of rotatable bonds is 9. The molecule has 1 heterocycles. The van der Waals surface area contributed by atoms with Crippen LogP contribution >= 0.6 is 0 Å². The molecule has 0 aliphatic carbocycles. The minimum absolute atomic E-state index is 0.0755. The molecule has 1 aliphatic heterocycles. The second kappa shape index (κ2) is 10.8. The number of benzene rings is 1. The molecule has 140 valence electrons. The van der Waals surface area contributed by atoms with Crippen LogP contribution in [0.4, 0.5) is 4.79 Å². The number of amides is 2. The summed E-state index contributed by atoms with van der Waals surface area (Å²) >= 11 is 0. The first-order chi connectivity index (χ1) is 12.2. The van der Waals surface area contributed by atoms with Gasteiger partial charge in [-0.25, -0.2) is 4.79 Å². The number of carbonyl (C=O) groups excluding carboxylic acids is 1. The molecule has 1 fully saturated rings. The molecule has 1 atom stereocenters. The number of aliphatic hydroxyl groups excluding tert-OH is 1. The van der Waals surface area contributed by atoms with Crippen molar-refractivity contribution >= 4 is 6.03 Å². The number of urea groups is 1. The quantitative estimate of drug-likeness (QED) is 0.544. The Morgan fingerprint density at radius 1 is 1.24 bits per heavy atom. The molecule has 0 saturated carbocycles. The van der Waals surface area contributed by atoms with Gasteiger partial charge < -0.3 is 34.9 Å². The molecule has 1 aromatic carbocycles. The first-order valence-corrected chi connectivity index (χ1v) is 8.45. The third kappa shape index (κ3) is 7.16. The Bertz CT molecular complexity index is 506. The van der Waals surface area contributed by atoms with E-state index in [0.29, 0.717) is 51.7 Å². The van der Waals surface area contributed by atoms with Crippen LogP contribution in [0.3, 0.4) is 0 Å². The van der Waals surface area contributed by atoms with E-state index in [4.69, 9.17) is 14.2 Å². The number of methoxy groups -OCH3 is 1. The molecule has 1 aromatic rings. The van der Waals surface area contributed by atoms with Gasteiger partial charge in [0.2, 0.25) is 0 Å². The van der Waals surface area contributed by atoms with Gasteiger partial charge in [-0.3, -0.25) is 0 Å². The smallest absolute Gasteiger partial charge is 0.317 e. The van der Waals surface area contributed by atoms with Crippen molar-refractivity contribution in [1.82, 2.24) is 15.5 Å². The van der Waals surface area contributed by atoms with Crippen molar-refractivity contribution in [3.05, 3.63) is 24.3 Å². The summed E-state index contributed by atoms with van der Waals surface area (Å²) in [6.45, 7) is 4.10. The highest BCUT2D eigenvalue weighted by Gasteiger charge is 2.15. The Morgan fingerprint density at radius 3 is 2.60 bits per heavy atom. The maximum Gasteiger partial charge on any atom is 0.317 e. The predicted octanol–water partition coefficient (Wildman–Crippen LogP) is 0.0663. The van der Waals surface area contributed by atoms with Crippen LogP contribution in [-0.2, 0) is 4.74 Å². The van der Waals surface area contributed by atoms with E-state index in [2.05, 4.69) is 10.6 Å². The third-order valence-electron chi connectivity index (χ3n) is 3.76. The Hall–Kier alpha value is -2.03. The van der Waals surface area contributed by atoms with E-state index < -0.39 is 6.10 Å². The van der Waals surface area contributed by atoms with E-state index in [9.17, 15) is 9.90 Å². The first kappa shape index (κ1) is 19.3. The van der Waals surface area contributed by atoms with E-state index in [-0.39, 0.29) is 12.6 Å². The van der Waals surface area contributed by atoms with Crippen molar-refractivity contribution in [2.75, 3.05) is 59.7 Å². The highest BCUT2D eigenvalue weighted by molar-refractivity contribution is 5.74. The minimum atomic E-state index is -0.628. The van der Waals surface area contributed by atoms with Crippen LogP contribution < -0.4 is 20.1 Å². The van der Waals surface area contributed by atoms with Crippen LogP contribution in [0, 0.1) is 0 Å². The number of ether oxygens (including phenoxy) is 3. The topological polar surface area (TPSA) is 92.3 Å². The van der Waals surface area contributed by atoms with Gasteiger partial charge in [0.15, 0.2) is 0 Å². The van der Waals surface area contributed by atoms with Gasteiger partial charge in [-0.1, -0.05) is 0 Å². The van der Waals surface area contributed by atoms with Crippen molar-refractivity contribution in [1.29, 1.82) is 0 Å². The lowest BCUT2D eigenvalue weighted by Gasteiger charge is -2.27. The summed E-state index contributed by atoms with van der Waals surface area (Å²) in [6.07, 6.45) is -0.628. The maximum atomic E-state index is 11.9. The fourth-order valence-electron chi connectivity index (χ4n) is 2.33. The molecular weight excluding hydrogens is 326 g/mol. The van der Waals surface area contributed by atoms with Gasteiger partial charge in [-0.05, 0) is 24.3 Å². The molecule has 0 bridgehead atoms. The Labute approximate surface area is 148 Å². The number of hydrogen-bond acceptors (Lipinski definition) is 6. The minimum Gasteiger partial charge on any atom is -0.497 e. The Balaban J connectivity index is 1.51. The average molecular weight is 353 g/mol. The highest BCUT2D eigenvalue weighted by Crippen LogP contribution is 2.16. The van der Waals surface area contributed by atoms with E-state index in [0.717, 1.165) is 5.75 Å². The molecule has 2 amide bonds. The molecule has 1 aliphatic rings. The molecule has 2 rings (SSSR count). The Kier molecular flexibility index (Phi) is 8.30. The molecule has 1 saturated heterocycles. The summed E-state index contributed by atoms with van der Waals surface area (Å²) in [5.74, 6) is 1.44. The van der Waals surface area contributed by atoms with Gasteiger partial charge in [0.05, 0.1) is 20.3 Å². The molecular formula is C17H27N3O5. The number of hydrogen-bond donors (Lipinski definition) is 3. The molecule has 25 heavy (non-hydrogen) atoms. The average Bonchev–Trinajstić information content (AvgIpc) is 2.67. The van der Waals surface area contributed by atoms with Crippen LogP contribution in [0.15, 0.2) is 24.3 Å².